The molecule has 1 saturated carbocycles. The van der Waals surface area contributed by atoms with Crippen LogP contribution >= 0.6 is 23.1 Å². The van der Waals surface area contributed by atoms with E-state index in [-0.39, 0.29) is 17.9 Å². The molecule has 4 rings (SSSR count). The highest BCUT2D eigenvalue weighted by molar-refractivity contribution is 7.08. The molecule has 0 saturated heterocycles. The second kappa shape index (κ2) is 10.7. The third-order valence-corrected chi connectivity index (χ3v) is 7.57. The summed E-state index contributed by atoms with van der Waals surface area (Å²) in [5.74, 6) is -0.521. The van der Waals surface area contributed by atoms with Crippen molar-refractivity contribution >= 4 is 40.6 Å². The van der Waals surface area contributed by atoms with Crippen LogP contribution in [0.2, 0.25) is 5.02 Å². The number of hydrogen-bond acceptors (Lipinski definition) is 5. The minimum absolute atomic E-state index is 0.111. The molecule has 1 aliphatic rings. The molecule has 2 aromatic carbocycles. The lowest BCUT2D eigenvalue weighted by molar-refractivity contribution is -0.123. The van der Waals surface area contributed by atoms with Crippen LogP contribution in [0.1, 0.15) is 70.2 Å². The normalized spacial score (nSPS) is 15.1. The molecule has 0 bridgehead atoms. The number of halogens is 1. The highest BCUT2D eigenvalue weighted by Crippen LogP contribution is 2.34. The summed E-state index contributed by atoms with van der Waals surface area (Å²) in [6.07, 6.45) is 5.30. The molecule has 6 nitrogen and oxygen atoms in total. The summed E-state index contributed by atoms with van der Waals surface area (Å²) in [6.45, 7) is 5.65. The highest BCUT2D eigenvalue weighted by atomic mass is 35.5. The number of hydrogen-bond donors (Lipinski definition) is 1. The number of nitrogens with one attached hydrogen (secondary N) is 1. The van der Waals surface area contributed by atoms with Gasteiger partial charge in [0.25, 0.3) is 5.91 Å². The zero-order valence-corrected chi connectivity index (χ0v) is 21.2. The monoisotopic (exact) mass is 496 g/mol. The lowest BCUT2D eigenvalue weighted by atomic mass is 9.94. The summed E-state index contributed by atoms with van der Waals surface area (Å²) in [4.78, 5) is 29.7. The Hall–Kier alpha value is -2.77. The van der Waals surface area contributed by atoms with Gasteiger partial charge in [-0.05, 0) is 68.4 Å². The fraction of sp³-hybridized carbons (Fsp3) is 0.385. The molecule has 34 heavy (non-hydrogen) atoms. The van der Waals surface area contributed by atoms with Crippen molar-refractivity contribution in [3.63, 3.8) is 0 Å². The van der Waals surface area contributed by atoms with Gasteiger partial charge in [-0.15, -0.1) is 5.10 Å². The maximum atomic E-state index is 13.9. The van der Waals surface area contributed by atoms with Gasteiger partial charge in [0.15, 0.2) is 0 Å². The third kappa shape index (κ3) is 5.31. The largest absolute Gasteiger partial charge is 0.351 e. The van der Waals surface area contributed by atoms with Crippen LogP contribution in [0.5, 0.6) is 0 Å². The van der Waals surface area contributed by atoms with Crippen molar-refractivity contribution in [1.82, 2.24) is 14.9 Å². The molecule has 1 atom stereocenters. The van der Waals surface area contributed by atoms with Gasteiger partial charge in [0.2, 0.25) is 5.91 Å². The van der Waals surface area contributed by atoms with E-state index >= 15 is 0 Å². The van der Waals surface area contributed by atoms with Crippen molar-refractivity contribution in [2.45, 2.75) is 65.0 Å². The van der Waals surface area contributed by atoms with Gasteiger partial charge in [-0.2, -0.15) is 0 Å². The standard InChI is InChI=1S/C26H29ClN4O2S/c1-16-9-12-19(13-10-16)23(25(32)28-20-7-5-4-6-8-20)31(21-14-11-17(2)22(27)15-21)26(33)24-18(3)29-30-34-24/h9-15,20,23H,4-8H2,1-3H3,(H,28,32). The first-order chi connectivity index (χ1) is 16.3. The van der Waals surface area contributed by atoms with Gasteiger partial charge < -0.3 is 5.32 Å². The average Bonchev–Trinajstić information content (AvgIpc) is 3.26. The first kappa shape index (κ1) is 24.4. The number of carbonyl (C=O) groups excluding carboxylic acids is 2. The second-order valence-electron chi connectivity index (χ2n) is 8.95. The molecule has 1 aliphatic carbocycles. The molecular formula is C26H29ClN4O2S. The summed E-state index contributed by atoms with van der Waals surface area (Å²) < 4.78 is 3.95. The van der Waals surface area contributed by atoms with Crippen LogP contribution < -0.4 is 10.2 Å². The van der Waals surface area contributed by atoms with Crippen molar-refractivity contribution in [2.75, 3.05) is 4.90 Å². The predicted molar refractivity (Wildman–Crippen MR) is 137 cm³/mol. The zero-order valence-electron chi connectivity index (χ0n) is 19.7. The molecule has 0 aliphatic heterocycles. The Morgan fingerprint density at radius 1 is 1.06 bits per heavy atom. The van der Waals surface area contributed by atoms with Crippen molar-refractivity contribution < 1.29 is 9.59 Å². The lowest BCUT2D eigenvalue weighted by Crippen LogP contribution is -2.47. The van der Waals surface area contributed by atoms with Crippen LogP contribution in [-0.2, 0) is 4.79 Å². The van der Waals surface area contributed by atoms with Crippen molar-refractivity contribution in [1.29, 1.82) is 0 Å². The molecule has 1 unspecified atom stereocenters. The van der Waals surface area contributed by atoms with Crippen molar-refractivity contribution in [3.05, 3.63) is 74.7 Å². The van der Waals surface area contributed by atoms with Gasteiger partial charge in [0.1, 0.15) is 10.9 Å². The summed E-state index contributed by atoms with van der Waals surface area (Å²) >= 11 is 7.50. The van der Waals surface area contributed by atoms with Crippen LogP contribution in [0, 0.1) is 20.8 Å². The number of rotatable bonds is 6. The highest BCUT2D eigenvalue weighted by Gasteiger charge is 2.36. The summed E-state index contributed by atoms with van der Waals surface area (Å²) in [6, 6.07) is 12.4. The van der Waals surface area contributed by atoms with Gasteiger partial charge in [0, 0.05) is 16.8 Å². The smallest absolute Gasteiger partial charge is 0.272 e. The molecule has 1 N–H and O–H groups in total. The number of aromatic nitrogens is 2. The molecule has 1 fully saturated rings. The van der Waals surface area contributed by atoms with Crippen molar-refractivity contribution in [2.24, 2.45) is 0 Å². The number of carbonyl (C=O) groups is 2. The minimum atomic E-state index is -0.865. The molecule has 0 spiro atoms. The van der Waals surface area contributed by atoms with Gasteiger partial charge >= 0.3 is 0 Å². The number of amides is 2. The van der Waals surface area contributed by atoms with E-state index in [2.05, 4.69) is 14.9 Å². The van der Waals surface area contributed by atoms with Crippen LogP contribution in [-0.4, -0.2) is 27.4 Å². The number of aryl methyl sites for hydroxylation is 3. The Bertz CT molecular complexity index is 1170. The lowest BCUT2D eigenvalue weighted by Gasteiger charge is -2.33. The Balaban J connectivity index is 1.82. The first-order valence-electron chi connectivity index (χ1n) is 11.6. The number of benzene rings is 2. The van der Waals surface area contributed by atoms with E-state index in [4.69, 9.17) is 11.6 Å². The van der Waals surface area contributed by atoms with Crippen LogP contribution in [0.4, 0.5) is 5.69 Å². The first-order valence-corrected chi connectivity index (χ1v) is 12.8. The topological polar surface area (TPSA) is 75.2 Å². The maximum absolute atomic E-state index is 13.9. The van der Waals surface area contributed by atoms with Gasteiger partial charge in [-0.1, -0.05) is 71.2 Å². The van der Waals surface area contributed by atoms with E-state index in [0.29, 0.717) is 21.3 Å². The minimum Gasteiger partial charge on any atom is -0.351 e. The van der Waals surface area contributed by atoms with Crippen molar-refractivity contribution in [3.8, 4) is 0 Å². The van der Waals surface area contributed by atoms with E-state index in [9.17, 15) is 9.59 Å². The Labute approximate surface area is 209 Å². The molecular weight excluding hydrogens is 468 g/mol. The van der Waals surface area contributed by atoms with Gasteiger partial charge in [0.05, 0.1) is 5.69 Å². The van der Waals surface area contributed by atoms with E-state index in [1.807, 2.05) is 50.2 Å². The van der Waals surface area contributed by atoms with E-state index in [1.54, 1.807) is 13.0 Å². The molecule has 8 heteroatoms. The molecule has 178 valence electrons. The van der Waals surface area contributed by atoms with Crippen LogP contribution in [0.15, 0.2) is 42.5 Å². The molecule has 1 heterocycles. The summed E-state index contributed by atoms with van der Waals surface area (Å²) in [5, 5.41) is 7.78. The second-order valence-corrected chi connectivity index (χ2v) is 10.1. The Morgan fingerprint density at radius 2 is 1.76 bits per heavy atom. The zero-order chi connectivity index (χ0) is 24.2. The Kier molecular flexibility index (Phi) is 7.63. The van der Waals surface area contributed by atoms with E-state index in [1.165, 1.54) is 11.3 Å². The molecule has 1 aromatic heterocycles. The fourth-order valence-electron chi connectivity index (χ4n) is 4.35. The van der Waals surface area contributed by atoms with E-state index < -0.39 is 6.04 Å². The van der Waals surface area contributed by atoms with E-state index in [0.717, 1.165) is 53.9 Å². The Morgan fingerprint density at radius 3 is 2.38 bits per heavy atom. The average molecular weight is 497 g/mol. The third-order valence-electron chi connectivity index (χ3n) is 6.35. The maximum Gasteiger partial charge on any atom is 0.272 e. The SMILES string of the molecule is Cc1ccc(C(C(=O)NC2CCCCC2)N(C(=O)c2snnc2C)c2ccc(C)c(Cl)c2)cc1. The fourth-order valence-corrected chi connectivity index (χ4v) is 5.11. The summed E-state index contributed by atoms with van der Waals surface area (Å²) in [7, 11) is 0. The van der Waals surface area contributed by atoms with Crippen LogP contribution in [0.3, 0.4) is 0 Å². The van der Waals surface area contributed by atoms with Gasteiger partial charge in [-0.3, -0.25) is 14.5 Å². The molecule has 2 amide bonds. The predicted octanol–water partition coefficient (Wildman–Crippen LogP) is 5.95. The number of anilines is 1. The quantitative estimate of drug-likeness (QED) is 0.457. The van der Waals surface area contributed by atoms with Gasteiger partial charge in [-0.25, -0.2) is 0 Å². The number of nitrogens with zero attached hydrogens (tertiary/aromatic N) is 3. The molecule has 0 radical (unpaired) electrons. The van der Waals surface area contributed by atoms with Crippen LogP contribution in [0.25, 0.3) is 0 Å². The molecule has 3 aromatic rings. The summed E-state index contributed by atoms with van der Waals surface area (Å²) in [5.41, 5.74) is 3.80.